The van der Waals surface area contributed by atoms with Gasteiger partial charge >= 0.3 is 5.97 Å². The Morgan fingerprint density at radius 3 is 2.36 bits per heavy atom. The average Bonchev–Trinajstić information content (AvgIpc) is 2.17. The van der Waals surface area contributed by atoms with Gasteiger partial charge in [0.25, 0.3) is 5.91 Å². The fourth-order valence-corrected chi connectivity index (χ4v) is 1.04. The fourth-order valence-electron chi connectivity index (χ4n) is 1.04. The van der Waals surface area contributed by atoms with Gasteiger partial charge in [-0.05, 0) is 0 Å². The third-order valence-electron chi connectivity index (χ3n) is 1.87. The zero-order valence-electron chi connectivity index (χ0n) is 6.44. The van der Waals surface area contributed by atoms with Crippen LogP contribution in [0.2, 0.25) is 0 Å². The lowest BCUT2D eigenvalue weighted by Crippen LogP contribution is -2.32. The summed E-state index contributed by atoms with van der Waals surface area (Å²) >= 11 is 0. The van der Waals surface area contributed by atoms with Crippen molar-refractivity contribution in [1.29, 1.82) is 0 Å². The third-order valence-corrected chi connectivity index (χ3v) is 1.87. The van der Waals surface area contributed by atoms with E-state index in [2.05, 4.69) is 0 Å². The van der Waals surface area contributed by atoms with Crippen molar-refractivity contribution < 1.29 is 14.7 Å². The van der Waals surface area contributed by atoms with E-state index >= 15 is 0 Å². The Balaban J connectivity index is 2.75. The summed E-state index contributed by atoms with van der Waals surface area (Å²) in [5.41, 5.74) is 0. The molecule has 62 valence electrons. The van der Waals surface area contributed by atoms with Crippen molar-refractivity contribution in [1.82, 2.24) is 10.0 Å². The van der Waals surface area contributed by atoms with Crippen molar-refractivity contribution in [2.24, 2.45) is 5.92 Å². The summed E-state index contributed by atoms with van der Waals surface area (Å²) in [7, 11) is 3.24. The zero-order valence-corrected chi connectivity index (χ0v) is 6.44. The minimum absolute atomic E-state index is 0.269. The maximum absolute atomic E-state index is 11.1. The highest BCUT2D eigenvalue weighted by Crippen LogP contribution is 2.13. The summed E-state index contributed by atoms with van der Waals surface area (Å²) in [6.45, 7) is 0.269. The Bertz CT molecular complexity index is 204. The lowest BCUT2D eigenvalue weighted by Gasteiger charge is -2.17. The molecule has 5 heteroatoms. The van der Waals surface area contributed by atoms with Crippen molar-refractivity contribution >= 4 is 11.9 Å². The highest BCUT2D eigenvalue weighted by atomic mass is 16.4. The summed E-state index contributed by atoms with van der Waals surface area (Å²) in [5, 5.41) is 11.4. The van der Waals surface area contributed by atoms with Crippen molar-refractivity contribution in [2.45, 2.75) is 0 Å². The quantitative estimate of drug-likeness (QED) is 0.497. The van der Waals surface area contributed by atoms with Crippen LogP contribution in [-0.2, 0) is 9.59 Å². The van der Waals surface area contributed by atoms with Gasteiger partial charge in [0.05, 0.1) is 0 Å². The molecule has 1 aliphatic rings. The predicted molar refractivity (Wildman–Crippen MR) is 36.5 cm³/mol. The Labute approximate surface area is 64.2 Å². The minimum atomic E-state index is -1.05. The van der Waals surface area contributed by atoms with Crippen LogP contribution >= 0.6 is 0 Å². The van der Waals surface area contributed by atoms with Gasteiger partial charge in [-0.3, -0.25) is 14.6 Å². The van der Waals surface area contributed by atoms with Crippen LogP contribution in [0.5, 0.6) is 0 Å². The summed E-state index contributed by atoms with van der Waals surface area (Å²) in [6, 6.07) is 0. The van der Waals surface area contributed by atoms with Crippen LogP contribution in [0, 0.1) is 5.92 Å². The highest BCUT2D eigenvalue weighted by Gasteiger charge is 2.38. The number of nitrogens with zero attached hydrogens (tertiary/aromatic N) is 2. The Hall–Kier alpha value is -1.10. The SMILES string of the molecule is CN1CC(C(=O)O)C(=O)N1C. The number of carboxylic acid groups (broad SMARTS) is 1. The first-order chi connectivity index (χ1) is 5.04. The zero-order chi connectivity index (χ0) is 8.59. The molecule has 0 aromatic rings. The van der Waals surface area contributed by atoms with Crippen molar-refractivity contribution in [3.8, 4) is 0 Å². The van der Waals surface area contributed by atoms with Gasteiger partial charge in [-0.1, -0.05) is 0 Å². The molecule has 5 nitrogen and oxygen atoms in total. The van der Waals surface area contributed by atoms with Gasteiger partial charge in [-0.15, -0.1) is 0 Å². The number of carbonyl (C=O) groups is 2. The monoisotopic (exact) mass is 158 g/mol. The van der Waals surface area contributed by atoms with E-state index in [0.29, 0.717) is 0 Å². The van der Waals surface area contributed by atoms with Crippen LogP contribution in [0.1, 0.15) is 0 Å². The second kappa shape index (κ2) is 2.50. The molecule has 1 aliphatic heterocycles. The molecular formula is C6H10N2O3. The van der Waals surface area contributed by atoms with Gasteiger partial charge < -0.3 is 5.11 Å². The molecule has 0 spiro atoms. The first-order valence-corrected chi connectivity index (χ1v) is 3.25. The van der Waals surface area contributed by atoms with E-state index in [1.807, 2.05) is 0 Å². The maximum Gasteiger partial charge on any atom is 0.317 e. The summed E-state index contributed by atoms with van der Waals surface area (Å²) < 4.78 is 0. The van der Waals surface area contributed by atoms with E-state index in [-0.39, 0.29) is 12.5 Å². The first kappa shape index (κ1) is 8.00. The molecular weight excluding hydrogens is 148 g/mol. The standard InChI is InChI=1S/C6H10N2O3/c1-7-3-4(6(10)11)5(9)8(7)2/h4H,3H2,1-2H3,(H,10,11). The van der Waals surface area contributed by atoms with E-state index in [1.54, 1.807) is 19.1 Å². The predicted octanol–water partition coefficient (Wildman–Crippen LogP) is -0.994. The number of carbonyl (C=O) groups excluding carboxylic acids is 1. The maximum atomic E-state index is 11.1. The van der Waals surface area contributed by atoms with E-state index in [1.165, 1.54) is 5.01 Å². The third kappa shape index (κ3) is 1.19. The van der Waals surface area contributed by atoms with Crippen molar-refractivity contribution in [3.63, 3.8) is 0 Å². The molecule has 0 aromatic heterocycles. The number of carboxylic acids is 1. The molecule has 0 saturated carbocycles. The van der Waals surface area contributed by atoms with Gasteiger partial charge in [0.1, 0.15) is 0 Å². The van der Waals surface area contributed by atoms with Crippen molar-refractivity contribution in [3.05, 3.63) is 0 Å². The average molecular weight is 158 g/mol. The molecule has 1 unspecified atom stereocenters. The van der Waals surface area contributed by atoms with Crippen LogP contribution in [0.4, 0.5) is 0 Å². The van der Waals surface area contributed by atoms with Gasteiger partial charge in [-0.25, -0.2) is 5.01 Å². The number of amides is 1. The van der Waals surface area contributed by atoms with E-state index in [4.69, 9.17) is 5.11 Å². The van der Waals surface area contributed by atoms with Crippen LogP contribution in [0.25, 0.3) is 0 Å². The summed E-state index contributed by atoms with van der Waals surface area (Å²) in [5.74, 6) is -2.28. The van der Waals surface area contributed by atoms with Crippen LogP contribution in [-0.4, -0.2) is 47.6 Å². The van der Waals surface area contributed by atoms with E-state index in [0.717, 1.165) is 0 Å². The molecule has 1 heterocycles. The summed E-state index contributed by atoms with van der Waals surface area (Å²) in [4.78, 5) is 21.5. The van der Waals surface area contributed by atoms with Gasteiger partial charge in [0, 0.05) is 20.6 Å². The van der Waals surface area contributed by atoms with Gasteiger partial charge in [0.15, 0.2) is 5.92 Å². The number of rotatable bonds is 1. The second-order valence-electron chi connectivity index (χ2n) is 2.59. The smallest absolute Gasteiger partial charge is 0.317 e. The normalized spacial score (nSPS) is 26.2. The minimum Gasteiger partial charge on any atom is -0.481 e. The molecule has 1 rings (SSSR count). The van der Waals surface area contributed by atoms with Crippen LogP contribution in [0.3, 0.4) is 0 Å². The number of aliphatic carboxylic acids is 1. The molecule has 0 bridgehead atoms. The van der Waals surface area contributed by atoms with Gasteiger partial charge in [0.2, 0.25) is 0 Å². The van der Waals surface area contributed by atoms with Crippen LogP contribution < -0.4 is 0 Å². The number of hydrogen-bond acceptors (Lipinski definition) is 3. The van der Waals surface area contributed by atoms with E-state index < -0.39 is 11.9 Å². The van der Waals surface area contributed by atoms with Gasteiger partial charge in [-0.2, -0.15) is 0 Å². The highest BCUT2D eigenvalue weighted by molar-refractivity contribution is 5.98. The van der Waals surface area contributed by atoms with Crippen LogP contribution in [0.15, 0.2) is 0 Å². The molecule has 1 saturated heterocycles. The Kier molecular flexibility index (Phi) is 1.82. The molecule has 0 aromatic carbocycles. The molecule has 0 aliphatic carbocycles. The Morgan fingerprint density at radius 2 is 2.18 bits per heavy atom. The number of hydrogen-bond donors (Lipinski definition) is 1. The molecule has 11 heavy (non-hydrogen) atoms. The lowest BCUT2D eigenvalue weighted by atomic mass is 10.1. The van der Waals surface area contributed by atoms with E-state index in [9.17, 15) is 9.59 Å². The fraction of sp³-hybridized carbons (Fsp3) is 0.667. The molecule has 1 fully saturated rings. The van der Waals surface area contributed by atoms with Crippen molar-refractivity contribution in [2.75, 3.05) is 20.6 Å². The second-order valence-corrected chi connectivity index (χ2v) is 2.59. The largest absolute Gasteiger partial charge is 0.481 e. The molecule has 1 amide bonds. The lowest BCUT2D eigenvalue weighted by molar-refractivity contribution is -0.147. The topological polar surface area (TPSA) is 60.9 Å². The molecule has 0 radical (unpaired) electrons. The molecule has 1 atom stereocenters. The number of hydrazine groups is 1. The Morgan fingerprint density at radius 1 is 1.64 bits per heavy atom. The first-order valence-electron chi connectivity index (χ1n) is 3.25. The summed E-state index contributed by atoms with van der Waals surface area (Å²) in [6.07, 6.45) is 0. The molecule has 1 N–H and O–H groups in total.